The molecule has 3 N–H and O–H groups in total. The van der Waals surface area contributed by atoms with Gasteiger partial charge in [-0.2, -0.15) is 0 Å². The van der Waals surface area contributed by atoms with E-state index >= 15 is 0 Å². The van der Waals surface area contributed by atoms with E-state index in [1.807, 2.05) is 0 Å². The summed E-state index contributed by atoms with van der Waals surface area (Å²) in [6, 6.07) is 0. The summed E-state index contributed by atoms with van der Waals surface area (Å²) in [7, 11) is -9.99. The van der Waals surface area contributed by atoms with Crippen LogP contribution in [0.15, 0.2) is 146 Å². The summed E-state index contributed by atoms with van der Waals surface area (Å²) >= 11 is 0. The predicted molar refractivity (Wildman–Crippen MR) is 417 cm³/mol. The number of esters is 4. The fourth-order valence-corrected chi connectivity index (χ4v) is 11.5. The van der Waals surface area contributed by atoms with Crippen molar-refractivity contribution in [2.45, 2.75) is 316 Å². The zero-order valence-electron chi connectivity index (χ0n) is 63.5. The van der Waals surface area contributed by atoms with Crippen LogP contribution in [-0.4, -0.2) is 96.7 Å². The fourth-order valence-electron chi connectivity index (χ4n) is 9.96. The number of carbonyl (C=O) groups excluding carboxylic acids is 4. The highest BCUT2D eigenvalue weighted by Gasteiger charge is 2.30. The minimum atomic E-state index is -5.00. The van der Waals surface area contributed by atoms with Gasteiger partial charge in [0.05, 0.1) is 26.4 Å². The molecule has 0 spiro atoms. The first kappa shape index (κ1) is 96.9. The molecule has 0 amide bonds. The maximum atomic E-state index is 13.1. The highest BCUT2D eigenvalue weighted by Crippen LogP contribution is 2.45. The summed E-state index contributed by atoms with van der Waals surface area (Å²) in [6.07, 6.45) is 84.1. The third-order valence-electron chi connectivity index (χ3n) is 15.8. The zero-order chi connectivity index (χ0) is 74.6. The molecule has 0 rings (SSSR count). The number of ether oxygens (including phenoxy) is 4. The Morgan fingerprint density at radius 3 is 0.804 bits per heavy atom. The molecule has 5 atom stereocenters. The number of phosphoric ester groups is 2. The molecular formula is C83H138O17P2. The minimum absolute atomic E-state index is 0.0320. The van der Waals surface area contributed by atoms with Crippen molar-refractivity contribution in [1.29, 1.82) is 0 Å². The first-order valence-corrected chi connectivity index (χ1v) is 42.1. The van der Waals surface area contributed by atoms with Crippen molar-refractivity contribution in [3.63, 3.8) is 0 Å². The van der Waals surface area contributed by atoms with Crippen molar-refractivity contribution in [3.8, 4) is 0 Å². The van der Waals surface area contributed by atoms with Gasteiger partial charge in [-0.05, 0) is 141 Å². The smallest absolute Gasteiger partial charge is 0.462 e. The Morgan fingerprint density at radius 2 is 0.510 bits per heavy atom. The summed E-state index contributed by atoms with van der Waals surface area (Å²) in [5.74, 6) is -2.30. The molecule has 0 aromatic heterocycles. The number of rotatable bonds is 72. The quantitative estimate of drug-likeness (QED) is 0.0169. The number of phosphoric acid groups is 2. The van der Waals surface area contributed by atoms with Crippen LogP contribution >= 0.6 is 15.6 Å². The van der Waals surface area contributed by atoms with Crippen LogP contribution in [0.5, 0.6) is 0 Å². The van der Waals surface area contributed by atoms with E-state index in [2.05, 4.69) is 174 Å². The number of hydrogen-bond donors (Lipinski definition) is 3. The van der Waals surface area contributed by atoms with Gasteiger partial charge in [-0.15, -0.1) is 0 Å². The van der Waals surface area contributed by atoms with Crippen LogP contribution in [0.2, 0.25) is 0 Å². The molecule has 0 heterocycles. The summed E-state index contributed by atoms with van der Waals surface area (Å²) < 4.78 is 68.5. The Hall–Kier alpha value is -5.06. The molecule has 17 nitrogen and oxygen atoms in total. The summed E-state index contributed by atoms with van der Waals surface area (Å²) in [6.45, 7) is 4.41. The van der Waals surface area contributed by atoms with Crippen LogP contribution in [0, 0.1) is 0 Å². The molecule has 0 fully saturated rings. The Kier molecular flexibility index (Phi) is 70.5. The van der Waals surface area contributed by atoms with E-state index in [-0.39, 0.29) is 25.7 Å². The van der Waals surface area contributed by atoms with Crippen LogP contribution in [0.1, 0.15) is 297 Å². The molecular weight excluding hydrogens is 1330 g/mol. The van der Waals surface area contributed by atoms with Gasteiger partial charge in [-0.1, -0.05) is 276 Å². The summed E-state index contributed by atoms with van der Waals surface area (Å²) in [5, 5.41) is 10.6. The van der Waals surface area contributed by atoms with Gasteiger partial charge in [0.1, 0.15) is 19.3 Å². The number of aliphatic hydroxyl groups excluding tert-OH is 1. The van der Waals surface area contributed by atoms with E-state index in [0.717, 1.165) is 148 Å². The Bertz CT molecular complexity index is 2510. The van der Waals surface area contributed by atoms with Crippen molar-refractivity contribution in [2.75, 3.05) is 39.6 Å². The normalized spacial score (nSPS) is 14.7. The second-order valence-corrected chi connectivity index (χ2v) is 28.4. The van der Waals surface area contributed by atoms with Crippen molar-refractivity contribution in [1.82, 2.24) is 0 Å². The molecule has 0 aromatic carbocycles. The molecule has 102 heavy (non-hydrogen) atoms. The largest absolute Gasteiger partial charge is 0.472 e. The SMILES string of the molecule is CC/C=C\C/C=C\C/C=C\C/C=C\CCCCCCC(=O)OCC(COP(=O)(O)OCC(O)COP(=O)(O)OCC(COC(=O)CCCC/C=C\C/C=C\C/C=C\C/C=C\CC)OC(=O)CCCCCCCCCCCCCCCCC)OC(=O)CCCC/C=C\C/C=C\C/C=C\C/C=C\CC. The highest BCUT2D eigenvalue weighted by molar-refractivity contribution is 7.47. The van der Waals surface area contributed by atoms with Crippen LogP contribution in [0.25, 0.3) is 0 Å². The van der Waals surface area contributed by atoms with Crippen molar-refractivity contribution < 1.29 is 80.2 Å². The lowest BCUT2D eigenvalue weighted by Gasteiger charge is -2.21. The van der Waals surface area contributed by atoms with Gasteiger partial charge in [-0.3, -0.25) is 37.3 Å². The van der Waals surface area contributed by atoms with Gasteiger partial charge in [0, 0.05) is 25.7 Å². The molecule has 0 aliphatic rings. The first-order valence-electron chi connectivity index (χ1n) is 39.1. The molecule has 0 bridgehead atoms. The Labute approximate surface area is 617 Å². The van der Waals surface area contributed by atoms with E-state index in [0.29, 0.717) is 32.1 Å². The van der Waals surface area contributed by atoms with E-state index in [9.17, 15) is 43.2 Å². The molecule has 19 heteroatoms. The van der Waals surface area contributed by atoms with Gasteiger partial charge in [-0.25, -0.2) is 9.13 Å². The zero-order valence-corrected chi connectivity index (χ0v) is 65.3. The average molecular weight is 1470 g/mol. The average Bonchev–Trinajstić information content (AvgIpc) is 0.923. The third kappa shape index (κ3) is 73.3. The van der Waals surface area contributed by atoms with Gasteiger partial charge in [0.25, 0.3) is 0 Å². The molecule has 0 aliphatic heterocycles. The predicted octanol–water partition coefficient (Wildman–Crippen LogP) is 22.7. The monoisotopic (exact) mass is 1470 g/mol. The Balaban J connectivity index is 5.45. The molecule has 0 radical (unpaired) electrons. The fraction of sp³-hybridized carbons (Fsp3) is 0.663. The summed E-state index contributed by atoms with van der Waals surface area (Å²) in [5.41, 5.74) is 0. The van der Waals surface area contributed by atoms with Gasteiger partial charge >= 0.3 is 39.5 Å². The van der Waals surface area contributed by atoms with E-state index in [1.165, 1.54) is 64.2 Å². The minimum Gasteiger partial charge on any atom is -0.462 e. The van der Waals surface area contributed by atoms with Crippen LogP contribution in [0.3, 0.4) is 0 Å². The number of unbranched alkanes of at least 4 members (excludes halogenated alkanes) is 22. The molecule has 5 unspecified atom stereocenters. The van der Waals surface area contributed by atoms with Gasteiger partial charge in [0.15, 0.2) is 12.2 Å². The maximum Gasteiger partial charge on any atom is 0.472 e. The Morgan fingerprint density at radius 1 is 0.284 bits per heavy atom. The third-order valence-corrected chi connectivity index (χ3v) is 17.7. The number of aliphatic hydroxyl groups is 1. The van der Waals surface area contributed by atoms with Crippen molar-refractivity contribution >= 4 is 39.5 Å². The lowest BCUT2D eigenvalue weighted by atomic mass is 10.0. The van der Waals surface area contributed by atoms with Gasteiger partial charge in [0.2, 0.25) is 0 Å². The van der Waals surface area contributed by atoms with E-state index < -0.39 is 97.5 Å². The molecule has 582 valence electrons. The lowest BCUT2D eigenvalue weighted by molar-refractivity contribution is -0.161. The van der Waals surface area contributed by atoms with Crippen LogP contribution < -0.4 is 0 Å². The van der Waals surface area contributed by atoms with Crippen LogP contribution in [-0.2, 0) is 65.4 Å². The second-order valence-electron chi connectivity index (χ2n) is 25.5. The number of carbonyl (C=O) groups is 4. The maximum absolute atomic E-state index is 13.1. The molecule has 0 aromatic rings. The van der Waals surface area contributed by atoms with Gasteiger partial charge < -0.3 is 33.8 Å². The topological polar surface area (TPSA) is 237 Å². The lowest BCUT2D eigenvalue weighted by Crippen LogP contribution is -2.30. The van der Waals surface area contributed by atoms with Crippen LogP contribution in [0.4, 0.5) is 0 Å². The first-order chi connectivity index (χ1) is 49.7. The number of allylic oxidation sites excluding steroid dienone is 24. The molecule has 0 saturated heterocycles. The van der Waals surface area contributed by atoms with E-state index in [4.69, 9.17) is 37.0 Å². The molecule has 0 saturated carbocycles. The number of hydrogen-bond acceptors (Lipinski definition) is 15. The van der Waals surface area contributed by atoms with Crippen molar-refractivity contribution in [2.24, 2.45) is 0 Å². The standard InChI is InChI=1S/C83H138O17P2/c1-5-9-13-17-21-25-29-33-37-38-42-44-48-52-56-60-64-68-81(86)94-74-79(100-83(88)70-66-62-58-54-50-46-41-36-32-28-24-20-16-12-8-4)76-98-102(91,92)96-72-77(84)71-95-101(89,90)97-75-78(99-82(87)69-65-61-57-53-49-45-40-35-31-27-23-19-15-11-7-3)73-93-80(85)67-63-59-55-51-47-43-39-34-30-26-22-18-14-10-6-2/h9-10,12-14,16,21-22,24-26,28,33-34,36-37,39,41-42,44,47,50-51,54,77-79,84H,5-8,11,15,17-20,23,27,29-32,35,38,40,43,45-46,48-49,52-53,55-76H2,1-4H3,(H,89,90)(H,91,92)/b13-9-,14-10-,16-12-,25-21-,26-22-,28-24-,37-33-,39-34-,41-36-,44-42-,51-47-,54-50-. The second kappa shape index (κ2) is 74.2. The molecule has 0 aliphatic carbocycles. The summed E-state index contributed by atoms with van der Waals surface area (Å²) in [4.78, 5) is 72.9. The highest BCUT2D eigenvalue weighted by atomic mass is 31.2. The van der Waals surface area contributed by atoms with Crippen molar-refractivity contribution in [3.05, 3.63) is 146 Å². The van der Waals surface area contributed by atoms with E-state index in [1.54, 1.807) is 0 Å².